The molecule has 0 fully saturated rings. The number of benzene rings is 1. The Hall–Kier alpha value is -0.890. The van der Waals surface area contributed by atoms with E-state index in [0.29, 0.717) is 12.5 Å². The Balaban J connectivity index is 2.45. The van der Waals surface area contributed by atoms with Crippen molar-refractivity contribution in [3.05, 3.63) is 35.1 Å². The summed E-state index contributed by atoms with van der Waals surface area (Å²) in [5.41, 5.74) is 8.00. The first-order valence-electron chi connectivity index (χ1n) is 6.03. The van der Waals surface area contributed by atoms with Crippen molar-refractivity contribution in [1.29, 1.82) is 0 Å². The Morgan fingerprint density at radius 1 is 1.44 bits per heavy atom. The molecule has 88 valence electrons. The fourth-order valence-corrected chi connectivity index (χ4v) is 2.76. The molecule has 16 heavy (non-hydrogen) atoms. The van der Waals surface area contributed by atoms with E-state index < -0.39 is 0 Å². The summed E-state index contributed by atoms with van der Waals surface area (Å²) in [6, 6.07) is 5.45. The Labute approximate surface area is 96.9 Å². The molecule has 1 unspecified atom stereocenters. The summed E-state index contributed by atoms with van der Waals surface area (Å²) in [7, 11) is 0. The molecule has 0 spiro atoms. The molecular formula is C14H20FN. The molecule has 1 aromatic carbocycles. The van der Waals surface area contributed by atoms with Gasteiger partial charge >= 0.3 is 0 Å². The van der Waals surface area contributed by atoms with Crippen LogP contribution < -0.4 is 5.73 Å². The van der Waals surface area contributed by atoms with E-state index in [1.165, 1.54) is 5.56 Å². The topological polar surface area (TPSA) is 26.0 Å². The van der Waals surface area contributed by atoms with Crippen LogP contribution in [0.2, 0.25) is 0 Å². The predicted molar refractivity (Wildman–Crippen MR) is 64.9 cm³/mol. The zero-order valence-corrected chi connectivity index (χ0v) is 10.1. The first-order chi connectivity index (χ1) is 7.56. The summed E-state index contributed by atoms with van der Waals surface area (Å²) in [6.07, 6.45) is 3.07. The monoisotopic (exact) mass is 221 g/mol. The normalized spacial score (nSPS) is 20.6. The molecule has 0 radical (unpaired) electrons. The van der Waals surface area contributed by atoms with Crippen molar-refractivity contribution in [3.63, 3.8) is 0 Å². The first-order valence-corrected chi connectivity index (χ1v) is 6.03. The molecule has 2 heteroatoms. The van der Waals surface area contributed by atoms with E-state index >= 15 is 0 Å². The van der Waals surface area contributed by atoms with Crippen molar-refractivity contribution < 1.29 is 4.39 Å². The molecule has 1 aliphatic carbocycles. The van der Waals surface area contributed by atoms with Gasteiger partial charge in [0.05, 0.1) is 0 Å². The van der Waals surface area contributed by atoms with E-state index in [9.17, 15) is 4.39 Å². The molecule has 2 rings (SSSR count). The lowest BCUT2D eigenvalue weighted by Gasteiger charge is -2.37. The van der Waals surface area contributed by atoms with Gasteiger partial charge in [-0.1, -0.05) is 26.0 Å². The second-order valence-electron chi connectivity index (χ2n) is 5.45. The highest BCUT2D eigenvalue weighted by molar-refractivity contribution is 5.35. The van der Waals surface area contributed by atoms with Gasteiger partial charge in [-0.25, -0.2) is 4.39 Å². The zero-order chi connectivity index (χ0) is 11.8. The lowest BCUT2D eigenvalue weighted by molar-refractivity contribution is 0.267. The summed E-state index contributed by atoms with van der Waals surface area (Å²) < 4.78 is 13.7. The zero-order valence-electron chi connectivity index (χ0n) is 10.1. The van der Waals surface area contributed by atoms with Crippen LogP contribution in [-0.4, -0.2) is 6.54 Å². The van der Waals surface area contributed by atoms with E-state index in [1.54, 1.807) is 6.07 Å². The summed E-state index contributed by atoms with van der Waals surface area (Å²) in [5.74, 6) is 0.354. The van der Waals surface area contributed by atoms with Crippen LogP contribution in [0.3, 0.4) is 0 Å². The summed E-state index contributed by atoms with van der Waals surface area (Å²) in [5, 5.41) is 0. The third kappa shape index (κ3) is 1.86. The fourth-order valence-electron chi connectivity index (χ4n) is 2.76. The highest BCUT2D eigenvalue weighted by atomic mass is 19.1. The van der Waals surface area contributed by atoms with Gasteiger partial charge in [0.25, 0.3) is 0 Å². The second-order valence-corrected chi connectivity index (χ2v) is 5.45. The maximum Gasteiger partial charge on any atom is 0.126 e. The lowest BCUT2D eigenvalue weighted by Crippen LogP contribution is -2.33. The molecule has 1 aliphatic rings. The number of nitrogens with two attached hydrogens (primary N) is 1. The van der Waals surface area contributed by atoms with Gasteiger partial charge in [-0.3, -0.25) is 0 Å². The van der Waals surface area contributed by atoms with Crippen LogP contribution >= 0.6 is 0 Å². The van der Waals surface area contributed by atoms with Gasteiger partial charge in [0, 0.05) is 0 Å². The standard InChI is InChI=1S/C14H20FN/c1-14(2,9-16)12-7-3-6-11-10(12)5-4-8-13(11)15/h4-5,8,12H,3,6-7,9,16H2,1-2H3. The number of fused-ring (bicyclic) bond motifs is 1. The van der Waals surface area contributed by atoms with Gasteiger partial charge in [0.1, 0.15) is 5.82 Å². The molecule has 1 nitrogen and oxygen atoms in total. The molecule has 0 bridgehead atoms. The maximum atomic E-state index is 13.7. The largest absolute Gasteiger partial charge is 0.330 e. The van der Waals surface area contributed by atoms with Gasteiger partial charge < -0.3 is 5.73 Å². The number of hydrogen-bond donors (Lipinski definition) is 1. The van der Waals surface area contributed by atoms with Crippen molar-refractivity contribution in [3.8, 4) is 0 Å². The van der Waals surface area contributed by atoms with Crippen molar-refractivity contribution in [2.45, 2.75) is 39.0 Å². The summed E-state index contributed by atoms with van der Waals surface area (Å²) in [4.78, 5) is 0. The second kappa shape index (κ2) is 4.17. The minimum absolute atomic E-state index is 0.0463. The molecule has 0 aromatic heterocycles. The Morgan fingerprint density at radius 2 is 2.19 bits per heavy atom. The van der Waals surface area contributed by atoms with Crippen LogP contribution in [-0.2, 0) is 6.42 Å². The Kier molecular flexibility index (Phi) is 3.02. The average molecular weight is 221 g/mol. The number of rotatable bonds is 2. The quantitative estimate of drug-likeness (QED) is 0.815. The van der Waals surface area contributed by atoms with Crippen LogP contribution in [0, 0.1) is 11.2 Å². The molecule has 0 amide bonds. The van der Waals surface area contributed by atoms with Crippen LogP contribution in [0.1, 0.15) is 43.7 Å². The Bertz CT molecular complexity index is 384. The van der Waals surface area contributed by atoms with E-state index in [0.717, 1.165) is 24.8 Å². The van der Waals surface area contributed by atoms with E-state index in [2.05, 4.69) is 19.9 Å². The van der Waals surface area contributed by atoms with Crippen molar-refractivity contribution in [1.82, 2.24) is 0 Å². The third-order valence-electron chi connectivity index (χ3n) is 3.92. The Morgan fingerprint density at radius 3 is 2.88 bits per heavy atom. The summed E-state index contributed by atoms with van der Waals surface area (Å²) >= 11 is 0. The molecule has 2 N–H and O–H groups in total. The third-order valence-corrected chi connectivity index (χ3v) is 3.92. The van der Waals surface area contributed by atoms with Gasteiger partial charge in [-0.2, -0.15) is 0 Å². The van der Waals surface area contributed by atoms with Gasteiger partial charge in [-0.15, -0.1) is 0 Å². The van der Waals surface area contributed by atoms with Crippen LogP contribution in [0.15, 0.2) is 18.2 Å². The molecular weight excluding hydrogens is 201 g/mol. The van der Waals surface area contributed by atoms with E-state index in [-0.39, 0.29) is 11.2 Å². The molecule has 0 heterocycles. The van der Waals surface area contributed by atoms with E-state index in [4.69, 9.17) is 5.73 Å². The molecule has 0 aliphatic heterocycles. The van der Waals surface area contributed by atoms with Gasteiger partial charge in [0.2, 0.25) is 0 Å². The number of halogens is 1. The van der Waals surface area contributed by atoms with Gasteiger partial charge in [0.15, 0.2) is 0 Å². The van der Waals surface area contributed by atoms with Crippen LogP contribution in [0.5, 0.6) is 0 Å². The van der Waals surface area contributed by atoms with Gasteiger partial charge in [-0.05, 0) is 54.3 Å². The SMILES string of the molecule is CC(C)(CN)C1CCCc2c(F)cccc21. The first kappa shape index (κ1) is 11.6. The average Bonchev–Trinajstić information content (AvgIpc) is 2.29. The lowest BCUT2D eigenvalue weighted by atomic mass is 9.68. The molecule has 1 aromatic rings. The highest BCUT2D eigenvalue weighted by Crippen LogP contribution is 2.43. The highest BCUT2D eigenvalue weighted by Gasteiger charge is 2.33. The minimum Gasteiger partial charge on any atom is -0.330 e. The molecule has 1 atom stereocenters. The van der Waals surface area contributed by atoms with Crippen LogP contribution in [0.4, 0.5) is 4.39 Å². The maximum absolute atomic E-state index is 13.7. The van der Waals surface area contributed by atoms with E-state index in [1.807, 2.05) is 6.07 Å². The predicted octanol–water partition coefficient (Wildman–Crippen LogP) is 3.23. The van der Waals surface area contributed by atoms with Crippen molar-refractivity contribution in [2.24, 2.45) is 11.1 Å². The van der Waals surface area contributed by atoms with Crippen molar-refractivity contribution in [2.75, 3.05) is 6.54 Å². The molecule has 0 saturated carbocycles. The van der Waals surface area contributed by atoms with Crippen LogP contribution in [0.25, 0.3) is 0 Å². The smallest absolute Gasteiger partial charge is 0.126 e. The number of hydrogen-bond acceptors (Lipinski definition) is 1. The summed E-state index contributed by atoms with van der Waals surface area (Å²) in [6.45, 7) is 5.00. The minimum atomic E-state index is -0.0463. The molecule has 0 saturated heterocycles. The fraction of sp³-hybridized carbons (Fsp3) is 0.571. The van der Waals surface area contributed by atoms with Crippen molar-refractivity contribution >= 4 is 0 Å².